The largest absolute Gasteiger partial charge is 0.395 e. The molecule has 1 aromatic heterocycles. The molecular weight excluding hydrogens is 400 g/mol. The minimum absolute atomic E-state index is 0.0802. The van der Waals surface area contributed by atoms with Crippen molar-refractivity contribution in [2.24, 2.45) is 0 Å². The Balaban J connectivity index is 1.63. The van der Waals surface area contributed by atoms with Crippen molar-refractivity contribution in [2.75, 3.05) is 43.5 Å². The Bertz CT molecular complexity index is 885. The molecule has 3 rings (SSSR count). The number of aromatic nitrogens is 2. The molecule has 29 heavy (non-hydrogen) atoms. The number of likely N-dealkylation sites (tertiary alicyclic amines) is 1. The first-order valence-electron chi connectivity index (χ1n) is 9.24. The summed E-state index contributed by atoms with van der Waals surface area (Å²) in [5.74, 6) is -0.694. The lowest BCUT2D eigenvalue weighted by molar-refractivity contribution is 0.208. The van der Waals surface area contributed by atoms with Crippen molar-refractivity contribution in [3.63, 3.8) is 0 Å². The molecule has 7 nitrogen and oxygen atoms in total. The van der Waals surface area contributed by atoms with Crippen LogP contribution < -0.4 is 10.2 Å². The fraction of sp³-hybridized carbons (Fsp3) is 0.421. The van der Waals surface area contributed by atoms with Crippen LogP contribution in [0, 0.1) is 18.6 Å². The molecule has 0 spiro atoms. The SMILES string of the molecule is Cc1nsc(NC(=O)N2CCC(=Cc3c(F)cc(N(C)CCO)cc3F)CC2)n1. The molecular formula is C19H23F2N5O2S. The van der Waals surface area contributed by atoms with E-state index in [4.69, 9.17) is 5.11 Å². The fourth-order valence-corrected chi connectivity index (χ4v) is 3.64. The molecule has 0 unspecified atom stereocenters. The van der Waals surface area contributed by atoms with E-state index in [0.29, 0.717) is 42.6 Å². The monoisotopic (exact) mass is 423 g/mol. The van der Waals surface area contributed by atoms with Gasteiger partial charge in [-0.15, -0.1) is 0 Å². The van der Waals surface area contributed by atoms with Crippen molar-refractivity contribution in [3.05, 3.63) is 40.7 Å². The highest BCUT2D eigenvalue weighted by atomic mass is 32.1. The number of rotatable bonds is 5. The quantitative estimate of drug-likeness (QED) is 0.772. The zero-order chi connectivity index (χ0) is 21.0. The van der Waals surface area contributed by atoms with Crippen LogP contribution in [-0.4, -0.2) is 58.7 Å². The van der Waals surface area contributed by atoms with Gasteiger partial charge in [-0.25, -0.2) is 18.6 Å². The summed E-state index contributed by atoms with van der Waals surface area (Å²) in [4.78, 5) is 19.6. The number of aliphatic hydroxyl groups is 1. The van der Waals surface area contributed by atoms with Crippen LogP contribution in [0.5, 0.6) is 0 Å². The first-order chi connectivity index (χ1) is 13.9. The maximum Gasteiger partial charge on any atom is 0.323 e. The number of amides is 2. The number of carbonyl (C=O) groups excluding carboxylic acids is 1. The highest BCUT2D eigenvalue weighted by molar-refractivity contribution is 7.09. The third-order valence-electron chi connectivity index (χ3n) is 4.72. The average molecular weight is 423 g/mol. The van der Waals surface area contributed by atoms with Crippen LogP contribution in [0.25, 0.3) is 6.08 Å². The number of piperidine rings is 1. The molecule has 1 saturated heterocycles. The Morgan fingerprint density at radius 2 is 2.00 bits per heavy atom. The normalized spacial score (nSPS) is 14.1. The predicted octanol–water partition coefficient (Wildman–Crippen LogP) is 3.26. The molecule has 1 aromatic carbocycles. The van der Waals surface area contributed by atoms with Crippen LogP contribution in [0.1, 0.15) is 24.2 Å². The Morgan fingerprint density at radius 1 is 1.34 bits per heavy atom. The van der Waals surface area contributed by atoms with Gasteiger partial charge in [0.25, 0.3) is 0 Å². The molecule has 10 heteroatoms. The second-order valence-electron chi connectivity index (χ2n) is 6.83. The molecule has 0 bridgehead atoms. The van der Waals surface area contributed by atoms with Crippen molar-refractivity contribution in [1.82, 2.24) is 14.3 Å². The van der Waals surface area contributed by atoms with Gasteiger partial charge in [0.15, 0.2) is 0 Å². The van der Waals surface area contributed by atoms with E-state index in [1.165, 1.54) is 18.2 Å². The summed E-state index contributed by atoms with van der Waals surface area (Å²) in [5.41, 5.74) is 1.17. The topological polar surface area (TPSA) is 81.6 Å². The number of anilines is 2. The maximum absolute atomic E-state index is 14.5. The number of nitrogens with one attached hydrogen (secondary N) is 1. The van der Waals surface area contributed by atoms with Crippen molar-refractivity contribution < 1.29 is 18.7 Å². The molecule has 0 radical (unpaired) electrons. The molecule has 0 saturated carbocycles. The summed E-state index contributed by atoms with van der Waals surface area (Å²) < 4.78 is 32.9. The Hall–Kier alpha value is -2.59. The van der Waals surface area contributed by atoms with E-state index >= 15 is 0 Å². The van der Waals surface area contributed by atoms with E-state index in [0.717, 1.165) is 17.1 Å². The highest BCUT2D eigenvalue weighted by Gasteiger charge is 2.21. The molecule has 0 aliphatic carbocycles. The second-order valence-corrected chi connectivity index (χ2v) is 7.59. The number of aliphatic hydroxyl groups excluding tert-OH is 1. The lowest BCUT2D eigenvalue weighted by Gasteiger charge is -2.28. The van der Waals surface area contributed by atoms with Gasteiger partial charge in [-0.05, 0) is 38.0 Å². The molecule has 2 heterocycles. The number of hydrogen-bond acceptors (Lipinski definition) is 6. The summed E-state index contributed by atoms with van der Waals surface area (Å²) >= 11 is 1.12. The zero-order valence-electron chi connectivity index (χ0n) is 16.3. The molecule has 156 valence electrons. The van der Waals surface area contributed by atoms with Gasteiger partial charge in [0, 0.05) is 49.5 Å². The second kappa shape index (κ2) is 9.27. The van der Waals surface area contributed by atoms with Crippen LogP contribution in [0.3, 0.4) is 0 Å². The standard InChI is InChI=1S/C19H23F2N5O2S/c1-12-22-18(29-24-12)23-19(28)26-5-3-13(4-6-26)9-15-16(20)10-14(11-17(15)21)25(2)7-8-27/h9-11,27H,3-8H2,1-2H3,(H,22,23,24,28). The first kappa shape index (κ1) is 21.1. The van der Waals surface area contributed by atoms with E-state index in [1.807, 2.05) is 0 Å². The van der Waals surface area contributed by atoms with Crippen LogP contribution >= 0.6 is 11.5 Å². The van der Waals surface area contributed by atoms with Gasteiger partial charge >= 0.3 is 6.03 Å². The lowest BCUT2D eigenvalue weighted by Crippen LogP contribution is -2.39. The number of benzene rings is 1. The Kier molecular flexibility index (Phi) is 6.75. The molecule has 2 aromatic rings. The fourth-order valence-electron chi connectivity index (χ4n) is 3.07. The zero-order valence-corrected chi connectivity index (χ0v) is 17.1. The van der Waals surface area contributed by atoms with Crippen LogP contribution in [-0.2, 0) is 0 Å². The molecule has 0 atom stereocenters. The number of likely N-dealkylation sites (N-methyl/N-ethyl adjacent to an activating group) is 1. The summed E-state index contributed by atoms with van der Waals surface area (Å²) in [5, 5.41) is 12.1. The van der Waals surface area contributed by atoms with Crippen LogP contribution in [0.2, 0.25) is 0 Å². The highest BCUT2D eigenvalue weighted by Crippen LogP contribution is 2.26. The van der Waals surface area contributed by atoms with Gasteiger partial charge in [-0.1, -0.05) is 5.57 Å². The third-order valence-corrected chi connectivity index (χ3v) is 5.44. The number of halogens is 2. The third kappa shape index (κ3) is 5.27. The van der Waals surface area contributed by atoms with Crippen LogP contribution in [0.15, 0.2) is 17.7 Å². The molecule has 1 aliphatic heterocycles. The smallest absolute Gasteiger partial charge is 0.323 e. The Labute approximate surface area is 171 Å². The summed E-state index contributed by atoms with van der Waals surface area (Å²) in [6.07, 6.45) is 2.60. The van der Waals surface area contributed by atoms with Gasteiger partial charge < -0.3 is 14.9 Å². The van der Waals surface area contributed by atoms with Crippen molar-refractivity contribution in [2.45, 2.75) is 19.8 Å². The van der Waals surface area contributed by atoms with E-state index in [1.54, 1.807) is 23.8 Å². The lowest BCUT2D eigenvalue weighted by atomic mass is 10.0. The molecule has 2 amide bonds. The summed E-state index contributed by atoms with van der Waals surface area (Å²) in [7, 11) is 1.66. The number of nitrogens with zero attached hydrogens (tertiary/aromatic N) is 4. The van der Waals surface area contributed by atoms with Gasteiger partial charge in [0.2, 0.25) is 5.13 Å². The Morgan fingerprint density at radius 3 is 2.55 bits per heavy atom. The minimum atomic E-state index is -0.649. The van der Waals surface area contributed by atoms with E-state index in [9.17, 15) is 13.6 Å². The van der Waals surface area contributed by atoms with Gasteiger partial charge in [0.05, 0.1) is 6.61 Å². The average Bonchev–Trinajstić information content (AvgIpc) is 3.09. The van der Waals surface area contributed by atoms with E-state index < -0.39 is 11.6 Å². The molecule has 1 aliphatic rings. The maximum atomic E-state index is 14.5. The minimum Gasteiger partial charge on any atom is -0.395 e. The predicted molar refractivity (Wildman–Crippen MR) is 109 cm³/mol. The van der Waals surface area contributed by atoms with Crippen molar-refractivity contribution in [1.29, 1.82) is 0 Å². The van der Waals surface area contributed by atoms with Gasteiger partial charge in [-0.3, -0.25) is 5.32 Å². The first-order valence-corrected chi connectivity index (χ1v) is 10.0. The van der Waals surface area contributed by atoms with E-state index in [2.05, 4.69) is 14.7 Å². The molecule has 1 fully saturated rings. The van der Waals surface area contributed by atoms with Crippen LogP contribution in [0.4, 0.5) is 24.4 Å². The molecule has 2 N–H and O–H groups in total. The number of aryl methyl sites for hydroxylation is 1. The van der Waals surface area contributed by atoms with Gasteiger partial charge in [0.1, 0.15) is 17.5 Å². The van der Waals surface area contributed by atoms with Crippen molar-refractivity contribution in [3.8, 4) is 0 Å². The number of carbonyl (C=O) groups is 1. The number of urea groups is 1. The van der Waals surface area contributed by atoms with Crippen molar-refractivity contribution >= 4 is 34.5 Å². The summed E-state index contributed by atoms with van der Waals surface area (Å²) in [6.45, 7) is 2.84. The van der Waals surface area contributed by atoms with E-state index in [-0.39, 0.29) is 24.7 Å². The summed E-state index contributed by atoms with van der Waals surface area (Å²) in [6, 6.07) is 2.27. The number of hydrogen-bond donors (Lipinski definition) is 2. The van der Waals surface area contributed by atoms with Gasteiger partial charge in [-0.2, -0.15) is 4.37 Å².